The Morgan fingerprint density at radius 1 is 1.13 bits per heavy atom. The van der Waals surface area contributed by atoms with Crippen LogP contribution in [-0.4, -0.2) is 43.2 Å². The highest BCUT2D eigenvalue weighted by molar-refractivity contribution is 6.36. The first-order chi connectivity index (χ1) is 19.0. The highest BCUT2D eigenvalue weighted by atomic mass is 35.5. The quantitative estimate of drug-likeness (QED) is 0.273. The van der Waals surface area contributed by atoms with Crippen LogP contribution in [0, 0.1) is 23.1 Å². The summed E-state index contributed by atoms with van der Waals surface area (Å²) in [5.74, 6) is -2.35. The third kappa shape index (κ3) is 4.81. The minimum atomic E-state index is -1.22. The van der Waals surface area contributed by atoms with Gasteiger partial charge in [-0.25, -0.2) is 14.1 Å². The van der Waals surface area contributed by atoms with Crippen molar-refractivity contribution in [2.24, 2.45) is 0 Å². The second-order valence-electron chi connectivity index (χ2n) is 8.81. The first-order valence-electron chi connectivity index (χ1n) is 11.8. The molecule has 6 rings (SSSR count). The average Bonchev–Trinajstić information content (AvgIpc) is 3.38. The van der Waals surface area contributed by atoms with Gasteiger partial charge in [0.05, 0.1) is 59.1 Å². The molecule has 10 nitrogen and oxygen atoms in total. The molecule has 1 fully saturated rings. The zero-order valence-corrected chi connectivity index (χ0v) is 20.8. The molecular formula is C26H18ClF2N9O. The molecule has 0 amide bonds. The van der Waals surface area contributed by atoms with Crippen LogP contribution in [0.4, 0.5) is 25.8 Å². The summed E-state index contributed by atoms with van der Waals surface area (Å²) in [5.41, 5.74) is 3.13. The molecule has 0 unspecified atom stereocenters. The van der Waals surface area contributed by atoms with E-state index in [1.165, 1.54) is 6.20 Å². The van der Waals surface area contributed by atoms with Crippen molar-refractivity contribution in [2.75, 3.05) is 23.8 Å². The number of fused-ring (bicyclic) bond motifs is 1. The van der Waals surface area contributed by atoms with Crippen molar-refractivity contribution in [3.8, 4) is 6.07 Å². The average molecular weight is 546 g/mol. The molecule has 5 heterocycles. The monoisotopic (exact) mass is 545 g/mol. The molecule has 0 aliphatic carbocycles. The van der Waals surface area contributed by atoms with Gasteiger partial charge in [-0.1, -0.05) is 22.9 Å². The fourth-order valence-electron chi connectivity index (χ4n) is 4.21. The first-order valence-corrected chi connectivity index (χ1v) is 12.1. The summed E-state index contributed by atoms with van der Waals surface area (Å²) in [5, 5.41) is 25.6. The SMILES string of the molecule is N#Cc1cnc2c(Cl)cc(N[C@@H](c3cccnc3)c3cn(C4COC4)nn3)cc2c1Nc1cnc(F)c(F)c1. The van der Waals surface area contributed by atoms with E-state index >= 15 is 0 Å². The molecule has 1 atom stereocenters. The fourth-order valence-corrected chi connectivity index (χ4v) is 4.48. The molecule has 4 aromatic heterocycles. The minimum absolute atomic E-state index is 0.130. The summed E-state index contributed by atoms with van der Waals surface area (Å²) < 4.78 is 34.3. The number of halogens is 3. The Morgan fingerprint density at radius 2 is 2.00 bits per heavy atom. The number of rotatable bonds is 7. The van der Waals surface area contributed by atoms with Gasteiger partial charge in [-0.15, -0.1) is 5.10 Å². The van der Waals surface area contributed by atoms with Crippen LogP contribution in [0.15, 0.2) is 61.3 Å². The van der Waals surface area contributed by atoms with Crippen molar-refractivity contribution in [3.63, 3.8) is 0 Å². The van der Waals surface area contributed by atoms with E-state index in [4.69, 9.17) is 16.3 Å². The summed E-state index contributed by atoms with van der Waals surface area (Å²) in [6.07, 6.45) is 7.75. The molecule has 2 N–H and O–H groups in total. The molecule has 0 radical (unpaired) electrons. The Kier molecular flexibility index (Phi) is 6.44. The molecular weight excluding hydrogens is 528 g/mol. The summed E-state index contributed by atoms with van der Waals surface area (Å²) >= 11 is 6.63. The number of hydrogen-bond acceptors (Lipinski definition) is 9. The highest BCUT2D eigenvalue weighted by Crippen LogP contribution is 2.36. The van der Waals surface area contributed by atoms with E-state index in [9.17, 15) is 14.0 Å². The van der Waals surface area contributed by atoms with Gasteiger partial charge in [0.1, 0.15) is 17.8 Å². The van der Waals surface area contributed by atoms with Gasteiger partial charge in [0.15, 0.2) is 5.82 Å². The molecule has 194 valence electrons. The molecule has 39 heavy (non-hydrogen) atoms. The van der Waals surface area contributed by atoms with E-state index < -0.39 is 17.8 Å². The van der Waals surface area contributed by atoms with Gasteiger partial charge >= 0.3 is 0 Å². The van der Waals surface area contributed by atoms with E-state index in [1.807, 2.05) is 18.3 Å². The second-order valence-corrected chi connectivity index (χ2v) is 9.22. The standard InChI is InChI=1S/C26H18ClF2N9O/c27-20-5-16(34-24(14-2-1-3-31-8-14)22-11-38(37-36-22)18-12-39-13-18)4-19-23(15(7-30)9-32-25(19)20)35-17-6-21(28)26(29)33-10-17/h1-6,8-11,18,24,34H,12-13H2,(H,32,35)/t24-/m0/s1. The van der Waals surface area contributed by atoms with Crippen LogP contribution < -0.4 is 10.6 Å². The van der Waals surface area contributed by atoms with E-state index in [0.29, 0.717) is 46.2 Å². The van der Waals surface area contributed by atoms with Crippen LogP contribution in [0.5, 0.6) is 0 Å². The van der Waals surface area contributed by atoms with Crippen molar-refractivity contribution in [1.29, 1.82) is 5.26 Å². The van der Waals surface area contributed by atoms with Crippen molar-refractivity contribution < 1.29 is 13.5 Å². The smallest absolute Gasteiger partial charge is 0.249 e. The van der Waals surface area contributed by atoms with Gasteiger partial charge in [0, 0.05) is 35.7 Å². The number of nitrogens with one attached hydrogen (secondary N) is 2. The molecule has 1 saturated heterocycles. The zero-order valence-electron chi connectivity index (χ0n) is 20.0. The topological polar surface area (TPSA) is 126 Å². The van der Waals surface area contributed by atoms with Gasteiger partial charge < -0.3 is 15.4 Å². The van der Waals surface area contributed by atoms with Gasteiger partial charge in [-0.2, -0.15) is 9.65 Å². The Hall–Kier alpha value is -4.73. The Labute approximate surface area is 225 Å². The van der Waals surface area contributed by atoms with Crippen LogP contribution in [0.2, 0.25) is 5.02 Å². The lowest BCUT2D eigenvalue weighted by molar-refractivity contribution is -0.0293. The third-order valence-electron chi connectivity index (χ3n) is 6.26. The largest absolute Gasteiger partial charge is 0.377 e. The summed E-state index contributed by atoms with van der Waals surface area (Å²) in [6, 6.07) is 9.92. The molecule has 13 heteroatoms. The van der Waals surface area contributed by atoms with Gasteiger partial charge in [0.2, 0.25) is 5.95 Å². The summed E-state index contributed by atoms with van der Waals surface area (Å²) in [6.45, 7) is 1.15. The number of hydrogen-bond donors (Lipinski definition) is 2. The van der Waals surface area contributed by atoms with Crippen LogP contribution in [0.3, 0.4) is 0 Å². The van der Waals surface area contributed by atoms with E-state index in [0.717, 1.165) is 17.8 Å². The maximum atomic E-state index is 13.8. The van der Waals surface area contributed by atoms with Crippen molar-refractivity contribution in [1.82, 2.24) is 29.9 Å². The van der Waals surface area contributed by atoms with Crippen molar-refractivity contribution in [2.45, 2.75) is 12.1 Å². The molecule has 1 aliphatic rings. The van der Waals surface area contributed by atoms with Gasteiger partial charge in [0.25, 0.3) is 0 Å². The third-order valence-corrected chi connectivity index (χ3v) is 6.55. The Balaban J connectivity index is 1.42. The lowest BCUT2D eigenvalue weighted by atomic mass is 10.0. The molecule has 0 bridgehead atoms. The predicted molar refractivity (Wildman–Crippen MR) is 138 cm³/mol. The van der Waals surface area contributed by atoms with Crippen molar-refractivity contribution in [3.05, 3.63) is 94.9 Å². The minimum Gasteiger partial charge on any atom is -0.377 e. The highest BCUT2D eigenvalue weighted by Gasteiger charge is 2.25. The number of benzene rings is 1. The number of anilines is 3. The van der Waals surface area contributed by atoms with E-state index in [2.05, 4.69) is 42.0 Å². The lowest BCUT2D eigenvalue weighted by Crippen LogP contribution is -2.31. The van der Waals surface area contributed by atoms with E-state index in [1.54, 1.807) is 29.2 Å². The summed E-state index contributed by atoms with van der Waals surface area (Å²) in [7, 11) is 0. The van der Waals surface area contributed by atoms with Crippen LogP contribution >= 0.6 is 11.6 Å². The van der Waals surface area contributed by atoms with Crippen LogP contribution in [0.25, 0.3) is 10.9 Å². The predicted octanol–water partition coefficient (Wildman–Crippen LogP) is 4.94. The zero-order chi connectivity index (χ0) is 26.9. The molecule has 1 aromatic carbocycles. The molecule has 0 spiro atoms. The number of nitriles is 1. The fraction of sp³-hybridized carbons (Fsp3) is 0.154. The number of aromatic nitrogens is 6. The van der Waals surface area contributed by atoms with Crippen LogP contribution in [0.1, 0.15) is 28.9 Å². The molecule has 5 aromatic rings. The number of ether oxygens (including phenoxy) is 1. The number of nitrogens with zero attached hydrogens (tertiary/aromatic N) is 7. The lowest BCUT2D eigenvalue weighted by Gasteiger charge is -2.25. The molecule has 0 saturated carbocycles. The maximum Gasteiger partial charge on any atom is 0.249 e. The van der Waals surface area contributed by atoms with Crippen LogP contribution in [-0.2, 0) is 4.74 Å². The number of pyridine rings is 3. The van der Waals surface area contributed by atoms with Crippen molar-refractivity contribution >= 4 is 39.6 Å². The maximum absolute atomic E-state index is 13.8. The Bertz CT molecular complexity index is 1720. The normalized spacial score (nSPS) is 14.0. The Morgan fingerprint density at radius 3 is 2.72 bits per heavy atom. The first kappa shape index (κ1) is 24.6. The molecule has 1 aliphatic heterocycles. The van der Waals surface area contributed by atoms with Gasteiger partial charge in [-0.3, -0.25) is 9.97 Å². The summed E-state index contributed by atoms with van der Waals surface area (Å²) in [4.78, 5) is 12.0. The van der Waals surface area contributed by atoms with E-state index in [-0.39, 0.29) is 17.3 Å². The van der Waals surface area contributed by atoms with Gasteiger partial charge in [-0.05, 0) is 23.8 Å². The second kappa shape index (κ2) is 10.2.